The number of nitrogens with zero attached hydrogens (tertiary/aromatic N) is 4. The van der Waals surface area contributed by atoms with Crippen LogP contribution < -0.4 is 11.1 Å². The SMILES string of the molecule is CC(OC(=O)c1ccc(-n2cncn2)nc1)C(=O)Nc1ccc(C(N)=O)cc1. The zero-order chi connectivity index (χ0) is 20.1. The van der Waals surface area contributed by atoms with Crippen molar-refractivity contribution in [2.75, 3.05) is 5.32 Å². The quantitative estimate of drug-likeness (QED) is 0.606. The molecule has 10 nitrogen and oxygen atoms in total. The molecular formula is C18H16N6O4. The van der Waals surface area contributed by atoms with Crippen LogP contribution in [-0.2, 0) is 9.53 Å². The number of carbonyl (C=O) groups is 3. The number of nitrogens with two attached hydrogens (primary N) is 1. The molecule has 2 aromatic heterocycles. The van der Waals surface area contributed by atoms with E-state index in [9.17, 15) is 14.4 Å². The van der Waals surface area contributed by atoms with Gasteiger partial charge in [-0.3, -0.25) is 9.59 Å². The number of primary amides is 1. The van der Waals surface area contributed by atoms with Gasteiger partial charge in [0.2, 0.25) is 5.91 Å². The van der Waals surface area contributed by atoms with Gasteiger partial charge in [-0.1, -0.05) is 0 Å². The van der Waals surface area contributed by atoms with Gasteiger partial charge in [-0.05, 0) is 43.3 Å². The first-order valence-corrected chi connectivity index (χ1v) is 8.17. The average Bonchev–Trinajstić information content (AvgIpc) is 3.23. The Morgan fingerprint density at radius 3 is 2.39 bits per heavy atom. The minimum absolute atomic E-state index is 0.189. The van der Waals surface area contributed by atoms with Crippen molar-refractivity contribution in [2.45, 2.75) is 13.0 Å². The maximum Gasteiger partial charge on any atom is 0.340 e. The first-order valence-electron chi connectivity index (χ1n) is 8.17. The van der Waals surface area contributed by atoms with Gasteiger partial charge in [0.05, 0.1) is 5.56 Å². The van der Waals surface area contributed by atoms with E-state index in [1.165, 1.54) is 60.8 Å². The summed E-state index contributed by atoms with van der Waals surface area (Å²) in [5.74, 6) is -1.29. The van der Waals surface area contributed by atoms with Crippen LogP contribution >= 0.6 is 0 Å². The van der Waals surface area contributed by atoms with Crippen LogP contribution in [0.25, 0.3) is 5.82 Å². The van der Waals surface area contributed by atoms with Crippen LogP contribution in [0.5, 0.6) is 0 Å². The molecule has 3 rings (SSSR count). The molecule has 1 aromatic carbocycles. The number of rotatable bonds is 6. The zero-order valence-electron chi connectivity index (χ0n) is 14.8. The Morgan fingerprint density at radius 1 is 1.11 bits per heavy atom. The van der Waals surface area contributed by atoms with Crippen molar-refractivity contribution < 1.29 is 19.1 Å². The molecule has 0 fully saturated rings. The Balaban J connectivity index is 1.58. The molecule has 0 bridgehead atoms. The van der Waals surface area contributed by atoms with Gasteiger partial charge < -0.3 is 15.8 Å². The second-order valence-electron chi connectivity index (χ2n) is 5.72. The van der Waals surface area contributed by atoms with Crippen LogP contribution in [-0.4, -0.2) is 43.6 Å². The fourth-order valence-electron chi connectivity index (χ4n) is 2.21. The number of pyridine rings is 1. The van der Waals surface area contributed by atoms with E-state index in [0.717, 1.165) is 0 Å². The van der Waals surface area contributed by atoms with E-state index in [1.807, 2.05) is 0 Å². The third-order valence-corrected chi connectivity index (χ3v) is 3.73. The van der Waals surface area contributed by atoms with Crippen LogP contribution in [0.2, 0.25) is 0 Å². The molecule has 10 heteroatoms. The van der Waals surface area contributed by atoms with Gasteiger partial charge in [0, 0.05) is 17.4 Å². The van der Waals surface area contributed by atoms with Crippen molar-refractivity contribution >= 4 is 23.5 Å². The molecular weight excluding hydrogens is 364 g/mol. The molecule has 0 aliphatic carbocycles. The highest BCUT2D eigenvalue weighted by molar-refractivity contribution is 5.98. The van der Waals surface area contributed by atoms with E-state index in [1.54, 1.807) is 6.07 Å². The summed E-state index contributed by atoms with van der Waals surface area (Å²) in [5.41, 5.74) is 6.11. The van der Waals surface area contributed by atoms with Gasteiger partial charge in [0.1, 0.15) is 12.7 Å². The Morgan fingerprint density at radius 2 is 1.82 bits per heavy atom. The highest BCUT2D eigenvalue weighted by Crippen LogP contribution is 2.11. The molecule has 0 aliphatic rings. The van der Waals surface area contributed by atoms with Crippen LogP contribution in [0.3, 0.4) is 0 Å². The molecule has 0 saturated carbocycles. The summed E-state index contributed by atoms with van der Waals surface area (Å²) in [5, 5.41) is 6.53. The standard InChI is InChI=1S/C18H16N6O4/c1-11(17(26)23-14-5-2-12(3-6-14)16(19)25)28-18(27)13-4-7-15(21-8-13)24-10-20-9-22-24/h2-11H,1H3,(H2,19,25)(H,23,26). The number of hydrogen-bond acceptors (Lipinski definition) is 7. The third-order valence-electron chi connectivity index (χ3n) is 3.73. The first-order chi connectivity index (χ1) is 13.4. The zero-order valence-corrected chi connectivity index (χ0v) is 14.8. The lowest BCUT2D eigenvalue weighted by Crippen LogP contribution is -2.30. The van der Waals surface area contributed by atoms with Crippen molar-refractivity contribution in [2.24, 2.45) is 5.73 Å². The summed E-state index contributed by atoms with van der Waals surface area (Å²) < 4.78 is 6.60. The monoisotopic (exact) mass is 380 g/mol. The second kappa shape index (κ2) is 8.08. The molecule has 142 valence electrons. The minimum atomic E-state index is -1.04. The number of carbonyl (C=O) groups excluding carboxylic acids is 3. The van der Waals surface area contributed by atoms with Crippen LogP contribution in [0.4, 0.5) is 5.69 Å². The van der Waals surface area contributed by atoms with Crippen molar-refractivity contribution in [1.82, 2.24) is 19.7 Å². The van der Waals surface area contributed by atoms with Gasteiger partial charge >= 0.3 is 5.97 Å². The number of hydrogen-bond donors (Lipinski definition) is 2. The number of benzene rings is 1. The first kappa shape index (κ1) is 18.7. The van der Waals surface area contributed by atoms with Crippen molar-refractivity contribution in [3.63, 3.8) is 0 Å². The lowest BCUT2D eigenvalue weighted by atomic mass is 10.2. The summed E-state index contributed by atoms with van der Waals surface area (Å²) >= 11 is 0. The topological polar surface area (TPSA) is 142 Å². The molecule has 28 heavy (non-hydrogen) atoms. The fraction of sp³-hybridized carbons (Fsp3) is 0.111. The largest absolute Gasteiger partial charge is 0.449 e. The number of nitrogens with one attached hydrogen (secondary N) is 1. The number of amides is 2. The Kier molecular flexibility index (Phi) is 5.40. The predicted molar refractivity (Wildman–Crippen MR) is 97.6 cm³/mol. The number of esters is 1. The summed E-state index contributed by atoms with van der Waals surface area (Å²) in [4.78, 5) is 43.4. The normalized spacial score (nSPS) is 11.5. The van der Waals surface area contributed by atoms with E-state index in [-0.39, 0.29) is 5.56 Å². The van der Waals surface area contributed by atoms with Crippen LogP contribution in [0, 0.1) is 0 Å². The van der Waals surface area contributed by atoms with Gasteiger partial charge in [-0.2, -0.15) is 5.10 Å². The summed E-state index contributed by atoms with van der Waals surface area (Å²) in [7, 11) is 0. The van der Waals surface area contributed by atoms with Gasteiger partial charge in [0.25, 0.3) is 5.91 Å². The molecule has 2 amide bonds. The molecule has 3 N–H and O–H groups in total. The van der Waals surface area contributed by atoms with Crippen LogP contribution in [0.15, 0.2) is 55.2 Å². The van der Waals surface area contributed by atoms with Gasteiger partial charge in [-0.25, -0.2) is 19.4 Å². The third kappa shape index (κ3) is 4.36. The van der Waals surface area contributed by atoms with E-state index in [2.05, 4.69) is 20.4 Å². The number of ether oxygens (including phenoxy) is 1. The van der Waals surface area contributed by atoms with Crippen molar-refractivity contribution in [3.05, 3.63) is 66.4 Å². The Bertz CT molecular complexity index is 984. The maximum atomic E-state index is 12.2. The molecule has 2 heterocycles. The maximum absolute atomic E-state index is 12.2. The van der Waals surface area contributed by atoms with Crippen molar-refractivity contribution in [1.29, 1.82) is 0 Å². The van der Waals surface area contributed by atoms with Gasteiger partial charge in [0.15, 0.2) is 11.9 Å². The highest BCUT2D eigenvalue weighted by Gasteiger charge is 2.19. The second-order valence-corrected chi connectivity index (χ2v) is 5.72. The number of anilines is 1. The molecule has 0 radical (unpaired) electrons. The summed E-state index contributed by atoms with van der Waals surface area (Å²) in [6.07, 6.45) is 3.12. The molecule has 0 spiro atoms. The molecule has 0 aliphatic heterocycles. The van der Waals surface area contributed by atoms with Gasteiger partial charge in [-0.15, -0.1) is 0 Å². The number of aromatic nitrogens is 4. The van der Waals surface area contributed by atoms with E-state index in [0.29, 0.717) is 17.1 Å². The Labute approximate surface area is 159 Å². The summed E-state index contributed by atoms with van der Waals surface area (Å²) in [6.45, 7) is 1.45. The average molecular weight is 380 g/mol. The molecule has 3 aromatic rings. The predicted octanol–water partition coefficient (Wildman–Crippen LogP) is 0.945. The molecule has 1 unspecified atom stereocenters. The van der Waals surface area contributed by atoms with E-state index < -0.39 is 23.9 Å². The van der Waals surface area contributed by atoms with Crippen molar-refractivity contribution in [3.8, 4) is 5.82 Å². The smallest absolute Gasteiger partial charge is 0.340 e. The van der Waals surface area contributed by atoms with E-state index >= 15 is 0 Å². The Hall–Kier alpha value is -4.08. The lowest BCUT2D eigenvalue weighted by Gasteiger charge is -2.13. The fourth-order valence-corrected chi connectivity index (χ4v) is 2.21. The summed E-state index contributed by atoms with van der Waals surface area (Å²) in [6, 6.07) is 9.11. The highest BCUT2D eigenvalue weighted by atomic mass is 16.5. The lowest BCUT2D eigenvalue weighted by molar-refractivity contribution is -0.123. The van der Waals surface area contributed by atoms with Crippen LogP contribution in [0.1, 0.15) is 27.6 Å². The molecule has 1 atom stereocenters. The van der Waals surface area contributed by atoms with E-state index in [4.69, 9.17) is 10.5 Å². The minimum Gasteiger partial charge on any atom is -0.449 e. The molecule has 0 saturated heterocycles.